The molecule has 1 amide bonds. The Morgan fingerprint density at radius 3 is 2.24 bits per heavy atom. The maximum Gasteiger partial charge on any atom is 0.326 e. The summed E-state index contributed by atoms with van der Waals surface area (Å²) in [6, 6.07) is 15.5. The van der Waals surface area contributed by atoms with E-state index in [1.807, 2.05) is 0 Å². The number of H-pyrrole nitrogens is 1. The Balaban J connectivity index is 1.23. The number of nitrogens with zero attached hydrogens (tertiary/aromatic N) is 3. The highest BCUT2D eigenvalue weighted by atomic mass is 32.2. The number of nitrogens with one attached hydrogen (secondary N) is 3. The molecule has 1 atom stereocenters. The number of carbonyl (C=O) groups excluding carboxylic acids is 1. The molecule has 0 spiro atoms. The highest BCUT2D eigenvalue weighted by Gasteiger charge is 2.27. The Morgan fingerprint density at radius 2 is 1.63 bits per heavy atom. The second-order valence-corrected chi connectivity index (χ2v) is 12.7. The van der Waals surface area contributed by atoms with E-state index in [0.29, 0.717) is 62.5 Å². The lowest BCUT2D eigenvalue weighted by molar-refractivity contribution is -0.139. The van der Waals surface area contributed by atoms with Crippen LogP contribution in [0, 0.1) is 11.6 Å². The van der Waals surface area contributed by atoms with Gasteiger partial charge in [0.2, 0.25) is 0 Å². The van der Waals surface area contributed by atoms with Crippen molar-refractivity contribution in [3.8, 4) is 34.0 Å². The van der Waals surface area contributed by atoms with Crippen LogP contribution in [0.3, 0.4) is 0 Å². The zero-order chi connectivity index (χ0) is 36.3. The molecule has 0 radical (unpaired) electrons. The van der Waals surface area contributed by atoms with Crippen molar-refractivity contribution in [2.75, 3.05) is 18.9 Å². The lowest BCUT2D eigenvalue weighted by Gasteiger charge is -2.19. The normalized spacial score (nSPS) is 11.9. The van der Waals surface area contributed by atoms with Gasteiger partial charge in [-0.15, -0.1) is 0 Å². The minimum absolute atomic E-state index is 0.216. The molecule has 1 unspecified atom stereocenters. The van der Waals surface area contributed by atoms with Gasteiger partial charge >= 0.3 is 5.97 Å². The average molecular weight is 715 g/mol. The summed E-state index contributed by atoms with van der Waals surface area (Å²) in [4.78, 5) is 33.4. The number of hydrogen-bond donors (Lipinski definition) is 4. The summed E-state index contributed by atoms with van der Waals surface area (Å²) in [6.45, 7) is 0. The van der Waals surface area contributed by atoms with Crippen LogP contribution in [0.15, 0.2) is 96.4 Å². The van der Waals surface area contributed by atoms with Crippen molar-refractivity contribution in [3.63, 3.8) is 0 Å². The van der Waals surface area contributed by atoms with Crippen LogP contribution >= 0.6 is 0 Å². The van der Waals surface area contributed by atoms with Crippen LogP contribution in [-0.2, 0) is 21.2 Å². The van der Waals surface area contributed by atoms with Crippen molar-refractivity contribution >= 4 is 38.4 Å². The summed E-state index contributed by atoms with van der Waals surface area (Å²) in [6.07, 6.45) is 4.19. The molecule has 0 saturated carbocycles. The van der Waals surface area contributed by atoms with E-state index in [1.165, 1.54) is 44.8 Å². The van der Waals surface area contributed by atoms with E-state index < -0.39 is 50.8 Å². The number of hydrogen-bond acceptors (Lipinski definition) is 9. The molecule has 0 aliphatic carbocycles. The molecule has 0 aliphatic rings. The number of aromatic amines is 1. The summed E-state index contributed by atoms with van der Waals surface area (Å²) in [5.41, 5.74) is 0.779. The SMILES string of the molecule is COc1cccc(OC)c1-c1ccc(CC(NC(=O)c2c(F)cc(NS(=O)(=O)c3ccc(-c4nc[nH]n4)cc3)cc2F)C(=O)O)c2cnccc12. The molecule has 6 rings (SSSR count). The summed E-state index contributed by atoms with van der Waals surface area (Å²) in [7, 11) is -1.26. The van der Waals surface area contributed by atoms with E-state index in [2.05, 4.69) is 30.2 Å². The number of pyridine rings is 1. The zero-order valence-corrected chi connectivity index (χ0v) is 27.7. The van der Waals surface area contributed by atoms with E-state index in [-0.39, 0.29) is 11.3 Å². The molecule has 0 bridgehead atoms. The van der Waals surface area contributed by atoms with Gasteiger partial charge in [-0.25, -0.2) is 27.0 Å². The van der Waals surface area contributed by atoms with Crippen LogP contribution < -0.4 is 19.5 Å². The lowest BCUT2D eigenvalue weighted by atomic mass is 9.92. The predicted molar refractivity (Wildman–Crippen MR) is 182 cm³/mol. The molecule has 0 saturated heterocycles. The summed E-state index contributed by atoms with van der Waals surface area (Å²) < 4.78 is 69.6. The molecule has 4 aromatic carbocycles. The Kier molecular flexibility index (Phi) is 9.59. The van der Waals surface area contributed by atoms with Gasteiger partial charge in [-0.3, -0.25) is 19.6 Å². The third kappa shape index (κ3) is 7.02. The van der Waals surface area contributed by atoms with Crippen LogP contribution in [0.4, 0.5) is 14.5 Å². The minimum Gasteiger partial charge on any atom is -0.496 e. The highest BCUT2D eigenvalue weighted by Crippen LogP contribution is 2.42. The lowest BCUT2D eigenvalue weighted by Crippen LogP contribution is -2.43. The number of aliphatic carboxylic acids is 1. The predicted octanol–water partition coefficient (Wildman–Crippen LogP) is 5.21. The third-order valence-electron chi connectivity index (χ3n) is 7.99. The average Bonchev–Trinajstić information content (AvgIpc) is 3.66. The number of fused-ring (bicyclic) bond motifs is 1. The van der Waals surface area contributed by atoms with Crippen molar-refractivity contribution in [1.29, 1.82) is 0 Å². The number of amides is 1. The van der Waals surface area contributed by atoms with Crippen molar-refractivity contribution < 1.29 is 41.4 Å². The van der Waals surface area contributed by atoms with Crippen LogP contribution in [0.5, 0.6) is 11.5 Å². The third-order valence-corrected chi connectivity index (χ3v) is 9.39. The number of rotatable bonds is 12. The van der Waals surface area contributed by atoms with Gasteiger partial charge in [-0.2, -0.15) is 5.10 Å². The van der Waals surface area contributed by atoms with Gasteiger partial charge in [0.05, 0.1) is 30.4 Å². The Morgan fingerprint density at radius 1 is 0.941 bits per heavy atom. The highest BCUT2D eigenvalue weighted by molar-refractivity contribution is 7.92. The first-order chi connectivity index (χ1) is 24.5. The molecule has 0 fully saturated rings. The molecule has 260 valence electrons. The van der Waals surface area contributed by atoms with Gasteiger partial charge in [0.15, 0.2) is 5.82 Å². The number of halogens is 2. The number of ether oxygens (including phenoxy) is 2. The van der Waals surface area contributed by atoms with Crippen molar-refractivity contribution in [1.82, 2.24) is 25.5 Å². The molecule has 16 heteroatoms. The second-order valence-electron chi connectivity index (χ2n) is 11.1. The number of benzene rings is 4. The Bertz CT molecular complexity index is 2330. The number of methoxy groups -OCH3 is 2. The monoisotopic (exact) mass is 714 g/mol. The van der Waals surface area contributed by atoms with Gasteiger partial charge < -0.3 is 19.9 Å². The second kappa shape index (κ2) is 14.2. The van der Waals surface area contributed by atoms with E-state index in [9.17, 15) is 23.1 Å². The molecule has 2 heterocycles. The number of anilines is 1. The fourth-order valence-electron chi connectivity index (χ4n) is 5.61. The van der Waals surface area contributed by atoms with E-state index in [4.69, 9.17) is 9.47 Å². The summed E-state index contributed by atoms with van der Waals surface area (Å²) in [5, 5.41) is 19.9. The molecule has 13 nitrogen and oxygen atoms in total. The van der Waals surface area contributed by atoms with Crippen molar-refractivity contribution in [2.24, 2.45) is 0 Å². The van der Waals surface area contributed by atoms with Crippen LogP contribution in [0.25, 0.3) is 33.3 Å². The molecule has 0 aliphatic heterocycles. The van der Waals surface area contributed by atoms with Crippen molar-refractivity contribution in [3.05, 3.63) is 114 Å². The van der Waals surface area contributed by atoms with Gasteiger partial charge in [-0.05, 0) is 71.1 Å². The largest absolute Gasteiger partial charge is 0.496 e. The summed E-state index contributed by atoms with van der Waals surface area (Å²) in [5.74, 6) is -4.24. The fraction of sp³-hybridized carbons (Fsp3) is 0.114. The van der Waals surface area contributed by atoms with E-state index in [1.54, 1.807) is 48.8 Å². The number of carboxylic acids is 1. The van der Waals surface area contributed by atoms with Gasteiger partial charge in [0.1, 0.15) is 41.1 Å². The quantitative estimate of drug-likeness (QED) is 0.131. The zero-order valence-electron chi connectivity index (χ0n) is 26.8. The molecule has 2 aromatic heterocycles. The molecular weight excluding hydrogens is 686 g/mol. The molecule has 6 aromatic rings. The number of carboxylic acid groups (broad SMARTS) is 1. The number of sulfonamides is 1. The Hall–Kier alpha value is -6.42. The number of carbonyl (C=O) groups is 2. The Labute approximate surface area is 289 Å². The molecule has 4 N–H and O–H groups in total. The molecule has 51 heavy (non-hydrogen) atoms. The van der Waals surface area contributed by atoms with E-state index in [0.717, 1.165) is 0 Å². The topological polar surface area (TPSA) is 185 Å². The maximum atomic E-state index is 15.2. The standard InChI is InChI=1S/C35H28F2N6O7S/c1-49-29-4-3-5-30(50-2)31(29)24-11-8-20(25-17-38-13-12-23(24)25)14-28(35(45)46)41-34(44)32-26(36)15-21(16-27(32)37)43-51(47,48)22-9-6-19(7-10-22)33-39-18-40-42-33/h3-13,15-18,28,43H,14H2,1-2H3,(H,41,44)(H,45,46)(H,39,40,42). The fourth-order valence-corrected chi connectivity index (χ4v) is 6.65. The number of aromatic nitrogens is 4. The van der Waals surface area contributed by atoms with Crippen LogP contribution in [0.1, 0.15) is 15.9 Å². The first-order valence-electron chi connectivity index (χ1n) is 15.1. The van der Waals surface area contributed by atoms with Crippen LogP contribution in [0.2, 0.25) is 0 Å². The first-order valence-corrected chi connectivity index (χ1v) is 16.6. The van der Waals surface area contributed by atoms with Crippen molar-refractivity contribution in [2.45, 2.75) is 17.4 Å². The van der Waals surface area contributed by atoms with Gasteiger partial charge in [0.25, 0.3) is 15.9 Å². The van der Waals surface area contributed by atoms with Crippen LogP contribution in [-0.4, -0.2) is 65.8 Å². The first kappa shape index (κ1) is 34.4. The smallest absolute Gasteiger partial charge is 0.326 e. The maximum absolute atomic E-state index is 15.2. The minimum atomic E-state index is -4.31. The molecular formula is C35H28F2N6O7S. The van der Waals surface area contributed by atoms with E-state index >= 15 is 8.78 Å². The van der Waals surface area contributed by atoms with Gasteiger partial charge in [-0.1, -0.05) is 18.2 Å². The van der Waals surface area contributed by atoms with Gasteiger partial charge in [0, 0.05) is 29.8 Å². The summed E-state index contributed by atoms with van der Waals surface area (Å²) >= 11 is 0.